The van der Waals surface area contributed by atoms with Crippen LogP contribution < -0.4 is 10.6 Å². The topological polar surface area (TPSA) is 85.0 Å². The van der Waals surface area contributed by atoms with Gasteiger partial charge in [-0.3, -0.25) is 14.4 Å². The molecule has 3 amide bonds. The Hall–Kier alpha value is -2.94. The Morgan fingerprint density at radius 1 is 0.976 bits per heavy atom. The number of fused-ring (bicyclic) bond motifs is 1. The third kappa shape index (κ3) is 7.52. The van der Waals surface area contributed by atoms with Gasteiger partial charge >= 0.3 is 0 Å². The van der Waals surface area contributed by atoms with Crippen molar-refractivity contribution in [1.29, 1.82) is 0 Å². The number of piperidine rings is 2. The fraction of sp³-hybridized carbons (Fsp3) is 0.545. The molecule has 2 aromatic rings. The fourth-order valence-electron chi connectivity index (χ4n) is 6.94. The van der Waals surface area contributed by atoms with E-state index >= 15 is 0 Å². The Morgan fingerprint density at radius 2 is 1.62 bits per heavy atom. The van der Waals surface area contributed by atoms with E-state index in [1.807, 2.05) is 41.3 Å². The SMILES string of the molecule is CC(=O)N(C1CCN(C)CC1)C1CCN(C(=O)C(Cc2ccc(Cl)cc2)NC(=O)CC2NCCc3ccccc32)CC1. The van der Waals surface area contributed by atoms with Gasteiger partial charge in [-0.1, -0.05) is 48.0 Å². The Morgan fingerprint density at radius 3 is 2.29 bits per heavy atom. The molecule has 2 fully saturated rings. The number of amides is 3. The largest absolute Gasteiger partial charge is 0.344 e. The molecule has 0 saturated carbocycles. The highest BCUT2D eigenvalue weighted by Gasteiger charge is 2.36. The van der Waals surface area contributed by atoms with Crippen LogP contribution in [0.3, 0.4) is 0 Å². The molecule has 2 atom stereocenters. The van der Waals surface area contributed by atoms with Gasteiger partial charge in [0, 0.05) is 56.0 Å². The minimum atomic E-state index is -0.674. The van der Waals surface area contributed by atoms with Crippen LogP contribution in [0.1, 0.15) is 61.8 Å². The Labute approximate surface area is 254 Å². The average Bonchev–Trinajstić information content (AvgIpc) is 2.99. The van der Waals surface area contributed by atoms with E-state index in [-0.39, 0.29) is 42.3 Å². The molecule has 8 nitrogen and oxygen atoms in total. The molecule has 2 aromatic carbocycles. The summed E-state index contributed by atoms with van der Waals surface area (Å²) in [5.74, 6) is -0.0843. The van der Waals surface area contributed by atoms with Gasteiger partial charge in [-0.2, -0.15) is 0 Å². The van der Waals surface area contributed by atoms with E-state index in [1.165, 1.54) is 5.56 Å². The van der Waals surface area contributed by atoms with Crippen LogP contribution in [0, 0.1) is 0 Å². The number of hydrogen-bond donors (Lipinski definition) is 2. The highest BCUT2D eigenvalue weighted by atomic mass is 35.5. The number of nitrogens with one attached hydrogen (secondary N) is 2. The van der Waals surface area contributed by atoms with Gasteiger partial charge in [-0.15, -0.1) is 0 Å². The quantitative estimate of drug-likeness (QED) is 0.489. The molecule has 226 valence electrons. The average molecular weight is 594 g/mol. The zero-order valence-corrected chi connectivity index (χ0v) is 25.6. The zero-order valence-electron chi connectivity index (χ0n) is 24.9. The van der Waals surface area contributed by atoms with Gasteiger partial charge in [-0.25, -0.2) is 0 Å². The zero-order chi connectivity index (χ0) is 29.6. The van der Waals surface area contributed by atoms with Crippen molar-refractivity contribution in [1.82, 2.24) is 25.3 Å². The van der Waals surface area contributed by atoms with E-state index < -0.39 is 6.04 Å². The standard InChI is InChI=1S/C33H44ClN5O3/c1-23(40)39(27-12-17-37(2)18-13-27)28-14-19-38(20-15-28)33(42)31(21-24-7-9-26(34)10-8-24)36-32(41)22-30-29-6-4-3-5-25(29)11-16-35-30/h3-10,27-28,30-31,35H,11-22H2,1-2H3,(H,36,41). The van der Waals surface area contributed by atoms with E-state index in [0.29, 0.717) is 24.5 Å². The van der Waals surface area contributed by atoms with Crippen molar-refractivity contribution >= 4 is 29.3 Å². The number of nitrogens with zero attached hydrogens (tertiary/aromatic N) is 3. The summed E-state index contributed by atoms with van der Waals surface area (Å²) < 4.78 is 0. The molecule has 2 N–H and O–H groups in total. The van der Waals surface area contributed by atoms with Gasteiger partial charge < -0.3 is 25.3 Å². The van der Waals surface area contributed by atoms with E-state index in [4.69, 9.17) is 11.6 Å². The lowest BCUT2D eigenvalue weighted by Crippen LogP contribution is -2.56. The van der Waals surface area contributed by atoms with Crippen molar-refractivity contribution in [3.8, 4) is 0 Å². The molecule has 0 aliphatic carbocycles. The molecule has 9 heteroatoms. The predicted molar refractivity (Wildman–Crippen MR) is 165 cm³/mol. The number of carbonyl (C=O) groups is 3. The normalized spacial score (nSPS) is 20.9. The monoisotopic (exact) mass is 593 g/mol. The summed E-state index contributed by atoms with van der Waals surface area (Å²) in [6.45, 7) is 5.65. The Balaban J connectivity index is 1.24. The van der Waals surface area contributed by atoms with Gasteiger partial charge in [0.1, 0.15) is 6.04 Å². The van der Waals surface area contributed by atoms with Crippen LogP contribution >= 0.6 is 11.6 Å². The Kier molecular flexibility index (Phi) is 10.2. The summed E-state index contributed by atoms with van der Waals surface area (Å²) in [5, 5.41) is 7.20. The first-order valence-electron chi connectivity index (χ1n) is 15.4. The highest BCUT2D eigenvalue weighted by molar-refractivity contribution is 6.30. The number of hydrogen-bond acceptors (Lipinski definition) is 5. The van der Waals surface area contributed by atoms with E-state index in [2.05, 4.69) is 39.6 Å². The lowest BCUT2D eigenvalue weighted by Gasteiger charge is -2.44. The second-order valence-corrected chi connectivity index (χ2v) is 12.6. The number of rotatable bonds is 8. The molecular formula is C33H44ClN5O3. The molecule has 0 spiro atoms. The second kappa shape index (κ2) is 14.0. The lowest BCUT2D eigenvalue weighted by molar-refractivity contribution is -0.140. The highest BCUT2D eigenvalue weighted by Crippen LogP contribution is 2.27. The molecule has 3 aliphatic rings. The first kappa shape index (κ1) is 30.5. The molecule has 2 saturated heterocycles. The number of likely N-dealkylation sites (tertiary alicyclic amines) is 2. The number of benzene rings is 2. The Bertz CT molecular complexity index is 1240. The van der Waals surface area contributed by atoms with Gasteiger partial charge in [0.05, 0.1) is 0 Å². The van der Waals surface area contributed by atoms with Gasteiger partial charge in [0.15, 0.2) is 0 Å². The van der Waals surface area contributed by atoms with Crippen LogP contribution in [-0.4, -0.2) is 90.3 Å². The number of halogens is 1. The minimum Gasteiger partial charge on any atom is -0.344 e. The summed E-state index contributed by atoms with van der Waals surface area (Å²) >= 11 is 6.11. The molecule has 3 heterocycles. The van der Waals surface area contributed by atoms with Gasteiger partial charge in [0.2, 0.25) is 17.7 Å². The molecule has 2 unspecified atom stereocenters. The van der Waals surface area contributed by atoms with Crippen LogP contribution in [0.2, 0.25) is 5.02 Å². The maximum atomic E-state index is 13.9. The van der Waals surface area contributed by atoms with Crippen LogP contribution in [0.5, 0.6) is 0 Å². The smallest absolute Gasteiger partial charge is 0.245 e. The molecule has 3 aliphatic heterocycles. The van der Waals surface area contributed by atoms with Gasteiger partial charge in [0.25, 0.3) is 0 Å². The maximum Gasteiger partial charge on any atom is 0.245 e. The molecule has 5 rings (SSSR count). The predicted octanol–water partition coefficient (Wildman–Crippen LogP) is 3.58. The van der Waals surface area contributed by atoms with Crippen LogP contribution in [0.4, 0.5) is 0 Å². The van der Waals surface area contributed by atoms with Crippen molar-refractivity contribution in [3.63, 3.8) is 0 Å². The minimum absolute atomic E-state index is 0.0672. The van der Waals surface area contributed by atoms with E-state index in [0.717, 1.165) is 62.9 Å². The third-order valence-electron chi connectivity index (χ3n) is 9.21. The van der Waals surface area contributed by atoms with Crippen molar-refractivity contribution in [2.45, 2.75) is 76.0 Å². The summed E-state index contributed by atoms with van der Waals surface area (Å²) in [7, 11) is 2.13. The summed E-state index contributed by atoms with van der Waals surface area (Å²) in [4.78, 5) is 46.3. The first-order chi connectivity index (χ1) is 20.3. The van der Waals surface area contributed by atoms with Crippen LogP contribution in [0.25, 0.3) is 0 Å². The first-order valence-corrected chi connectivity index (χ1v) is 15.8. The third-order valence-corrected chi connectivity index (χ3v) is 9.46. The van der Waals surface area contributed by atoms with Crippen molar-refractivity contribution in [2.24, 2.45) is 0 Å². The van der Waals surface area contributed by atoms with E-state index in [9.17, 15) is 14.4 Å². The van der Waals surface area contributed by atoms with Crippen molar-refractivity contribution < 1.29 is 14.4 Å². The molecule has 42 heavy (non-hydrogen) atoms. The van der Waals surface area contributed by atoms with Crippen molar-refractivity contribution in [3.05, 3.63) is 70.2 Å². The molecule has 0 radical (unpaired) electrons. The summed E-state index contributed by atoms with van der Waals surface area (Å²) in [6, 6.07) is 15.3. The lowest BCUT2D eigenvalue weighted by atomic mass is 9.92. The van der Waals surface area contributed by atoms with Crippen LogP contribution in [-0.2, 0) is 27.2 Å². The summed E-state index contributed by atoms with van der Waals surface area (Å²) in [5.41, 5.74) is 3.37. The van der Waals surface area contributed by atoms with E-state index in [1.54, 1.807) is 6.92 Å². The fourth-order valence-corrected chi connectivity index (χ4v) is 7.07. The second-order valence-electron chi connectivity index (χ2n) is 12.1. The van der Waals surface area contributed by atoms with Crippen LogP contribution in [0.15, 0.2) is 48.5 Å². The molecule has 0 aromatic heterocycles. The summed E-state index contributed by atoms with van der Waals surface area (Å²) in [6.07, 6.45) is 5.10. The number of carbonyl (C=O) groups excluding carboxylic acids is 3. The molecular weight excluding hydrogens is 550 g/mol. The van der Waals surface area contributed by atoms with Crippen molar-refractivity contribution in [2.75, 3.05) is 39.8 Å². The molecule has 0 bridgehead atoms. The van der Waals surface area contributed by atoms with Gasteiger partial charge in [-0.05, 0) is 87.6 Å². The maximum absolute atomic E-state index is 13.9.